The first-order valence-corrected chi connectivity index (χ1v) is 9.89. The monoisotopic (exact) mass is 436 g/mol. The Bertz CT molecular complexity index is 928. The van der Waals surface area contributed by atoms with Gasteiger partial charge in [-0.3, -0.25) is 9.78 Å². The van der Waals surface area contributed by atoms with Gasteiger partial charge in [-0.15, -0.1) is 0 Å². The zero-order valence-electron chi connectivity index (χ0n) is 17.7. The van der Waals surface area contributed by atoms with Crippen LogP contribution in [0.4, 0.5) is 8.78 Å². The molecule has 8 nitrogen and oxygen atoms in total. The maximum Gasteiger partial charge on any atom is 0.272 e. The molecule has 3 heterocycles. The zero-order valence-corrected chi connectivity index (χ0v) is 17.7. The van der Waals surface area contributed by atoms with Crippen molar-refractivity contribution in [2.75, 3.05) is 26.9 Å². The van der Waals surface area contributed by atoms with Crippen LogP contribution in [0.15, 0.2) is 24.5 Å². The first-order chi connectivity index (χ1) is 14.8. The number of hydrogen-bond acceptors (Lipinski definition) is 7. The number of methoxy groups -OCH3 is 1. The maximum atomic E-state index is 13.0. The number of alkyl halides is 2. The van der Waals surface area contributed by atoms with Crippen molar-refractivity contribution in [1.29, 1.82) is 0 Å². The van der Waals surface area contributed by atoms with E-state index in [0.29, 0.717) is 36.5 Å². The highest BCUT2D eigenvalue weighted by atomic mass is 19.3. The molecule has 1 aliphatic heterocycles. The minimum Gasteiger partial charge on any atom is -0.471 e. The topological polar surface area (TPSA) is 88.0 Å². The second-order valence-electron chi connectivity index (χ2n) is 7.37. The van der Waals surface area contributed by atoms with Gasteiger partial charge in [-0.2, -0.15) is 5.06 Å². The largest absolute Gasteiger partial charge is 0.471 e. The van der Waals surface area contributed by atoms with Crippen LogP contribution in [0.2, 0.25) is 0 Å². The van der Waals surface area contributed by atoms with E-state index >= 15 is 0 Å². The molecule has 0 aliphatic carbocycles. The fraction of sp³-hybridized carbons (Fsp3) is 0.476. The predicted octanol–water partition coefficient (Wildman–Crippen LogP) is 2.98. The number of pyridine rings is 2. The lowest BCUT2D eigenvalue weighted by Gasteiger charge is -2.25. The molecule has 1 atom stereocenters. The minimum absolute atomic E-state index is 0.136. The second kappa shape index (κ2) is 10.1. The SMILES string of the molecule is COCCN(O)Cc1nccc2c1CN(C(C)c1cnc(OCC(F)F)c(C)c1)C2=O. The van der Waals surface area contributed by atoms with E-state index in [4.69, 9.17) is 9.47 Å². The summed E-state index contributed by atoms with van der Waals surface area (Å²) in [5.41, 5.74) is 3.34. The van der Waals surface area contributed by atoms with Crippen molar-refractivity contribution < 1.29 is 28.3 Å². The Morgan fingerprint density at radius 3 is 2.81 bits per heavy atom. The molecule has 31 heavy (non-hydrogen) atoms. The number of nitrogens with zero attached hydrogens (tertiary/aromatic N) is 4. The molecule has 1 amide bonds. The molecule has 0 aromatic carbocycles. The van der Waals surface area contributed by atoms with Gasteiger partial charge < -0.3 is 19.6 Å². The Morgan fingerprint density at radius 2 is 2.13 bits per heavy atom. The van der Waals surface area contributed by atoms with E-state index in [-0.39, 0.29) is 24.4 Å². The fourth-order valence-corrected chi connectivity index (χ4v) is 3.49. The van der Waals surface area contributed by atoms with Gasteiger partial charge in [-0.1, -0.05) is 0 Å². The lowest BCUT2D eigenvalue weighted by molar-refractivity contribution is -0.110. The molecule has 2 aromatic heterocycles. The van der Waals surface area contributed by atoms with Crippen LogP contribution in [0.25, 0.3) is 0 Å². The highest BCUT2D eigenvalue weighted by Crippen LogP contribution is 2.33. The molecular formula is C21H26F2N4O4. The summed E-state index contributed by atoms with van der Waals surface area (Å²) < 4.78 is 34.8. The van der Waals surface area contributed by atoms with Crippen LogP contribution in [0.5, 0.6) is 5.88 Å². The van der Waals surface area contributed by atoms with Crippen molar-refractivity contribution >= 4 is 5.91 Å². The molecule has 0 spiro atoms. The van der Waals surface area contributed by atoms with Gasteiger partial charge in [0.15, 0.2) is 6.61 Å². The Hall–Kier alpha value is -2.69. The number of fused-ring (bicyclic) bond motifs is 1. The molecule has 0 saturated heterocycles. The van der Waals surface area contributed by atoms with Gasteiger partial charge in [0, 0.05) is 49.3 Å². The molecule has 0 saturated carbocycles. The van der Waals surface area contributed by atoms with E-state index in [0.717, 1.165) is 16.2 Å². The highest BCUT2D eigenvalue weighted by Gasteiger charge is 2.34. The number of hydrogen-bond donors (Lipinski definition) is 1. The third kappa shape index (κ3) is 5.33. The van der Waals surface area contributed by atoms with Gasteiger partial charge in [-0.05, 0) is 31.5 Å². The summed E-state index contributed by atoms with van der Waals surface area (Å²) in [4.78, 5) is 23.2. The number of carbonyl (C=O) groups is 1. The summed E-state index contributed by atoms with van der Waals surface area (Å²) in [5.74, 6) is 0.0149. The van der Waals surface area contributed by atoms with Crippen LogP contribution in [0, 0.1) is 6.92 Å². The van der Waals surface area contributed by atoms with Gasteiger partial charge in [0.05, 0.1) is 24.9 Å². The lowest BCUT2D eigenvalue weighted by Crippen LogP contribution is -2.27. The van der Waals surface area contributed by atoms with Crippen LogP contribution in [-0.2, 0) is 17.8 Å². The number of amides is 1. The molecule has 1 aliphatic rings. The molecular weight excluding hydrogens is 410 g/mol. The van der Waals surface area contributed by atoms with Crippen LogP contribution >= 0.6 is 0 Å². The van der Waals surface area contributed by atoms with Gasteiger partial charge in [0.25, 0.3) is 12.3 Å². The van der Waals surface area contributed by atoms with Crippen molar-refractivity contribution in [1.82, 2.24) is 19.9 Å². The van der Waals surface area contributed by atoms with E-state index in [1.807, 2.05) is 6.92 Å². The second-order valence-corrected chi connectivity index (χ2v) is 7.37. The van der Waals surface area contributed by atoms with Crippen molar-refractivity contribution in [3.05, 3.63) is 52.5 Å². The van der Waals surface area contributed by atoms with E-state index < -0.39 is 13.0 Å². The molecule has 1 N–H and O–H groups in total. The normalized spacial score (nSPS) is 14.5. The summed E-state index contributed by atoms with van der Waals surface area (Å²) in [6.45, 7) is 4.10. The van der Waals surface area contributed by atoms with E-state index in [1.54, 1.807) is 37.3 Å². The third-order valence-electron chi connectivity index (χ3n) is 5.20. The Kier molecular flexibility index (Phi) is 7.47. The van der Waals surface area contributed by atoms with Gasteiger partial charge >= 0.3 is 0 Å². The summed E-state index contributed by atoms with van der Waals surface area (Å²) in [6, 6.07) is 3.16. The molecule has 0 radical (unpaired) electrons. The predicted molar refractivity (Wildman–Crippen MR) is 107 cm³/mol. The first-order valence-electron chi connectivity index (χ1n) is 9.89. The average Bonchev–Trinajstić information content (AvgIpc) is 3.08. The van der Waals surface area contributed by atoms with Crippen molar-refractivity contribution in [3.8, 4) is 5.88 Å². The number of ether oxygens (including phenoxy) is 2. The van der Waals surface area contributed by atoms with Gasteiger partial charge in [-0.25, -0.2) is 13.8 Å². The van der Waals surface area contributed by atoms with Crippen LogP contribution in [0.3, 0.4) is 0 Å². The standard InChI is InChI=1S/C21H26F2N4O4/c1-13-8-15(9-25-20(13)31-12-19(22)23)14(2)27-10-17-16(21(27)28)4-5-24-18(17)11-26(29)6-7-30-3/h4-5,8-9,14,19,29H,6-7,10-12H2,1-3H3. The minimum atomic E-state index is -2.58. The summed E-state index contributed by atoms with van der Waals surface area (Å²) >= 11 is 0. The molecule has 0 bridgehead atoms. The van der Waals surface area contributed by atoms with E-state index in [1.165, 1.54) is 6.20 Å². The molecule has 2 aromatic rings. The van der Waals surface area contributed by atoms with Crippen molar-refractivity contribution in [3.63, 3.8) is 0 Å². The average molecular weight is 436 g/mol. The third-order valence-corrected chi connectivity index (χ3v) is 5.20. The molecule has 3 rings (SSSR count). The summed E-state index contributed by atoms with van der Waals surface area (Å²) in [7, 11) is 1.55. The lowest BCUT2D eigenvalue weighted by atomic mass is 10.1. The first kappa shape index (κ1) is 23.0. The van der Waals surface area contributed by atoms with Crippen molar-refractivity contribution in [2.45, 2.75) is 39.4 Å². The van der Waals surface area contributed by atoms with Crippen molar-refractivity contribution in [2.24, 2.45) is 0 Å². The molecule has 168 valence electrons. The number of halogens is 2. The van der Waals surface area contributed by atoms with Gasteiger partial charge in [0.2, 0.25) is 5.88 Å². The van der Waals surface area contributed by atoms with Crippen LogP contribution in [-0.4, -0.2) is 64.3 Å². The molecule has 1 unspecified atom stereocenters. The Labute approximate surface area is 179 Å². The smallest absolute Gasteiger partial charge is 0.272 e. The number of rotatable bonds is 10. The van der Waals surface area contributed by atoms with Gasteiger partial charge in [0.1, 0.15) is 0 Å². The van der Waals surface area contributed by atoms with E-state index in [2.05, 4.69) is 9.97 Å². The molecule has 10 heteroatoms. The Balaban J connectivity index is 1.76. The fourth-order valence-electron chi connectivity index (χ4n) is 3.49. The van der Waals surface area contributed by atoms with E-state index in [9.17, 15) is 18.8 Å². The summed E-state index contributed by atoms with van der Waals surface area (Å²) in [6.07, 6.45) is 0.520. The summed E-state index contributed by atoms with van der Waals surface area (Å²) in [5, 5.41) is 11.2. The maximum absolute atomic E-state index is 13.0. The number of hydroxylamine groups is 2. The molecule has 0 fully saturated rings. The highest BCUT2D eigenvalue weighted by molar-refractivity contribution is 5.98. The number of aryl methyl sites for hydroxylation is 1. The zero-order chi connectivity index (χ0) is 22.5. The van der Waals surface area contributed by atoms with Crippen LogP contribution in [0.1, 0.15) is 45.7 Å². The quantitative estimate of drug-likeness (QED) is 0.573. The number of aromatic nitrogens is 2. The Morgan fingerprint density at radius 1 is 1.35 bits per heavy atom. The van der Waals surface area contributed by atoms with Crippen LogP contribution < -0.4 is 4.74 Å². The number of carbonyl (C=O) groups excluding carboxylic acids is 1.